The standard InChI is InChI=1S/C20H14BrF7N2O3/c21-13-8-6-11(7-9-13)14-10-17(33,18(22,23)19(24,25)20(26,27)28)30(29-14)16(32)15(31)12-4-2-1-3-5-12/h1-9,15,31,33H,10H2/t15-,17-/m0/s1. The van der Waals surface area contributed by atoms with Gasteiger partial charge in [-0.1, -0.05) is 58.4 Å². The van der Waals surface area contributed by atoms with E-state index in [1.54, 1.807) is 0 Å². The Hall–Kier alpha value is -2.51. The summed E-state index contributed by atoms with van der Waals surface area (Å²) in [4.78, 5) is 12.8. The van der Waals surface area contributed by atoms with Crippen LogP contribution in [-0.4, -0.2) is 50.6 Å². The van der Waals surface area contributed by atoms with Crippen LogP contribution in [0.25, 0.3) is 0 Å². The molecule has 33 heavy (non-hydrogen) atoms. The van der Waals surface area contributed by atoms with E-state index in [0.717, 1.165) is 0 Å². The number of carbonyl (C=O) groups excluding carboxylic acids is 1. The number of nitrogens with zero attached hydrogens (tertiary/aromatic N) is 2. The van der Waals surface area contributed by atoms with E-state index in [2.05, 4.69) is 21.0 Å². The quantitative estimate of drug-likeness (QED) is 0.540. The molecule has 2 aromatic carbocycles. The summed E-state index contributed by atoms with van der Waals surface area (Å²) in [5.74, 6) is -14.8. The van der Waals surface area contributed by atoms with Crippen molar-refractivity contribution in [1.82, 2.24) is 5.01 Å². The number of hydrogen-bond donors (Lipinski definition) is 2. The molecule has 3 rings (SSSR count). The van der Waals surface area contributed by atoms with Gasteiger partial charge in [-0.3, -0.25) is 4.79 Å². The molecule has 0 aromatic heterocycles. The highest BCUT2D eigenvalue weighted by Gasteiger charge is 2.82. The molecule has 0 bridgehead atoms. The second kappa shape index (κ2) is 8.37. The first-order valence-electron chi connectivity index (χ1n) is 9.09. The van der Waals surface area contributed by atoms with Crippen LogP contribution >= 0.6 is 15.9 Å². The SMILES string of the molecule is O=C([C@@H](O)c1ccccc1)N1N=C(c2ccc(Br)cc2)C[C@]1(O)C(F)(F)C(F)(F)C(F)(F)F. The topological polar surface area (TPSA) is 73.1 Å². The first kappa shape index (κ1) is 25.1. The van der Waals surface area contributed by atoms with Crippen molar-refractivity contribution in [2.24, 2.45) is 5.10 Å². The molecular weight excluding hydrogens is 529 g/mol. The van der Waals surface area contributed by atoms with Crippen LogP contribution in [-0.2, 0) is 4.79 Å². The Kier molecular flexibility index (Phi) is 6.37. The summed E-state index contributed by atoms with van der Waals surface area (Å²) >= 11 is 3.11. The summed E-state index contributed by atoms with van der Waals surface area (Å²) in [5.41, 5.74) is -5.24. The van der Waals surface area contributed by atoms with Crippen LogP contribution in [0.15, 0.2) is 64.2 Å². The predicted octanol–water partition coefficient (Wildman–Crippen LogP) is 4.64. The third-order valence-corrected chi connectivity index (χ3v) is 5.50. The molecule has 0 spiro atoms. The Morgan fingerprint density at radius 2 is 1.55 bits per heavy atom. The number of carbonyl (C=O) groups is 1. The minimum Gasteiger partial charge on any atom is -0.378 e. The zero-order chi connectivity index (χ0) is 24.8. The third kappa shape index (κ3) is 4.13. The fourth-order valence-corrected chi connectivity index (χ4v) is 3.41. The van der Waals surface area contributed by atoms with Gasteiger partial charge in [-0.25, -0.2) is 0 Å². The highest BCUT2D eigenvalue weighted by Crippen LogP contribution is 2.55. The molecule has 0 unspecified atom stereocenters. The summed E-state index contributed by atoms with van der Waals surface area (Å²) in [6.45, 7) is 0. The monoisotopic (exact) mass is 542 g/mol. The van der Waals surface area contributed by atoms with Crippen molar-refractivity contribution in [2.45, 2.75) is 36.3 Å². The zero-order valence-electron chi connectivity index (χ0n) is 16.2. The van der Waals surface area contributed by atoms with E-state index >= 15 is 0 Å². The molecule has 1 aliphatic rings. The van der Waals surface area contributed by atoms with Gasteiger partial charge in [0.25, 0.3) is 5.91 Å². The lowest BCUT2D eigenvalue weighted by Gasteiger charge is -2.41. The minimum atomic E-state index is -6.76. The van der Waals surface area contributed by atoms with Gasteiger partial charge in [0, 0.05) is 10.9 Å². The van der Waals surface area contributed by atoms with Gasteiger partial charge in [-0.2, -0.15) is 40.8 Å². The Morgan fingerprint density at radius 1 is 1.00 bits per heavy atom. The van der Waals surface area contributed by atoms with Crippen LogP contribution in [0, 0.1) is 0 Å². The van der Waals surface area contributed by atoms with Gasteiger partial charge in [0.1, 0.15) is 0 Å². The van der Waals surface area contributed by atoms with Gasteiger partial charge >= 0.3 is 18.0 Å². The molecular formula is C20H14BrF7N2O3. The third-order valence-electron chi connectivity index (χ3n) is 4.97. The first-order valence-corrected chi connectivity index (χ1v) is 9.88. The summed E-state index contributed by atoms with van der Waals surface area (Å²) in [6, 6.07) is 11.8. The Balaban J connectivity index is 2.13. The lowest BCUT2D eigenvalue weighted by Crippen LogP contribution is -2.69. The van der Waals surface area contributed by atoms with Crippen molar-refractivity contribution in [3.8, 4) is 0 Å². The summed E-state index contributed by atoms with van der Waals surface area (Å²) in [7, 11) is 0. The fraction of sp³-hybridized carbons (Fsp3) is 0.300. The number of hydrazone groups is 1. The van der Waals surface area contributed by atoms with Crippen LogP contribution in [0.1, 0.15) is 23.7 Å². The zero-order valence-corrected chi connectivity index (χ0v) is 17.8. The van der Waals surface area contributed by atoms with Crippen LogP contribution in [0.2, 0.25) is 0 Å². The van der Waals surface area contributed by atoms with E-state index in [-0.39, 0.29) is 11.1 Å². The summed E-state index contributed by atoms with van der Waals surface area (Å²) in [6.07, 6.45) is -10.6. The Bertz CT molecular complexity index is 1060. The molecule has 178 valence electrons. The van der Waals surface area contributed by atoms with Crippen LogP contribution in [0.3, 0.4) is 0 Å². The van der Waals surface area contributed by atoms with Gasteiger partial charge in [-0.15, -0.1) is 0 Å². The number of benzene rings is 2. The van der Waals surface area contributed by atoms with Crippen molar-refractivity contribution < 1.29 is 45.7 Å². The fourth-order valence-electron chi connectivity index (χ4n) is 3.15. The van der Waals surface area contributed by atoms with Crippen molar-refractivity contribution in [3.05, 3.63) is 70.2 Å². The minimum absolute atomic E-state index is 0.0350. The molecule has 1 amide bonds. The Labute approximate surface area is 190 Å². The van der Waals surface area contributed by atoms with Gasteiger partial charge in [0.05, 0.1) is 5.71 Å². The number of alkyl halides is 7. The maximum atomic E-state index is 14.7. The average molecular weight is 543 g/mol. The van der Waals surface area contributed by atoms with Crippen molar-refractivity contribution in [1.29, 1.82) is 0 Å². The van der Waals surface area contributed by atoms with Crippen LogP contribution in [0.5, 0.6) is 0 Å². The van der Waals surface area contributed by atoms with E-state index in [9.17, 15) is 45.7 Å². The number of hydrogen-bond acceptors (Lipinski definition) is 4. The van der Waals surface area contributed by atoms with Crippen LogP contribution in [0.4, 0.5) is 30.7 Å². The number of amides is 1. The second-order valence-electron chi connectivity index (χ2n) is 7.16. The lowest BCUT2D eigenvalue weighted by atomic mass is 9.91. The van der Waals surface area contributed by atoms with Crippen molar-refractivity contribution >= 4 is 27.5 Å². The van der Waals surface area contributed by atoms with Crippen molar-refractivity contribution in [3.63, 3.8) is 0 Å². The molecule has 2 N–H and O–H groups in total. The number of halogens is 8. The number of aliphatic hydroxyl groups is 2. The van der Waals surface area contributed by atoms with E-state index < -0.39 is 52.9 Å². The maximum Gasteiger partial charge on any atom is 0.460 e. The molecule has 0 fully saturated rings. The van der Waals surface area contributed by atoms with Gasteiger partial charge in [0.2, 0.25) is 5.72 Å². The summed E-state index contributed by atoms with van der Waals surface area (Å²) in [5, 5.41) is 23.7. The highest BCUT2D eigenvalue weighted by atomic mass is 79.9. The second-order valence-corrected chi connectivity index (χ2v) is 8.07. The molecule has 0 radical (unpaired) electrons. The predicted molar refractivity (Wildman–Crippen MR) is 104 cm³/mol. The summed E-state index contributed by atoms with van der Waals surface area (Å²) < 4.78 is 96.2. The smallest absolute Gasteiger partial charge is 0.378 e. The molecule has 0 aliphatic carbocycles. The first-order chi connectivity index (χ1) is 15.1. The lowest BCUT2D eigenvalue weighted by molar-refractivity contribution is -0.401. The van der Waals surface area contributed by atoms with E-state index in [0.29, 0.717) is 4.47 Å². The largest absolute Gasteiger partial charge is 0.460 e. The Morgan fingerprint density at radius 3 is 2.06 bits per heavy atom. The van der Waals surface area contributed by atoms with Gasteiger partial charge in [-0.05, 0) is 23.3 Å². The van der Waals surface area contributed by atoms with E-state index in [4.69, 9.17) is 0 Å². The molecule has 13 heteroatoms. The maximum absolute atomic E-state index is 14.7. The van der Waals surface area contributed by atoms with E-state index in [1.807, 2.05) is 0 Å². The molecule has 2 atom stereocenters. The van der Waals surface area contributed by atoms with Crippen LogP contribution < -0.4 is 0 Å². The van der Waals surface area contributed by atoms with Gasteiger partial charge < -0.3 is 10.2 Å². The molecule has 0 saturated heterocycles. The number of aliphatic hydroxyl groups excluding tert-OH is 1. The molecule has 1 aliphatic heterocycles. The average Bonchev–Trinajstić information content (AvgIpc) is 3.12. The number of rotatable bonds is 5. The molecule has 1 heterocycles. The normalized spacial score (nSPS) is 20.5. The molecule has 2 aromatic rings. The van der Waals surface area contributed by atoms with E-state index in [1.165, 1.54) is 54.6 Å². The molecule has 0 saturated carbocycles. The highest BCUT2D eigenvalue weighted by molar-refractivity contribution is 9.10. The van der Waals surface area contributed by atoms with Crippen molar-refractivity contribution in [2.75, 3.05) is 0 Å². The van der Waals surface area contributed by atoms with Gasteiger partial charge in [0.15, 0.2) is 6.10 Å². The molecule has 5 nitrogen and oxygen atoms in total.